The van der Waals surface area contributed by atoms with E-state index in [1.54, 1.807) is 0 Å². The van der Waals surface area contributed by atoms with Crippen molar-refractivity contribution in [3.8, 4) is 5.88 Å². The first-order valence-corrected chi connectivity index (χ1v) is 9.73. The number of rotatable bonds is 7. The predicted octanol–water partition coefficient (Wildman–Crippen LogP) is 4.73. The molecule has 0 aliphatic carbocycles. The Morgan fingerprint density at radius 3 is 2.50 bits per heavy atom. The van der Waals surface area contributed by atoms with E-state index < -0.39 is 5.60 Å². The van der Waals surface area contributed by atoms with Gasteiger partial charge < -0.3 is 14.4 Å². The van der Waals surface area contributed by atoms with Crippen LogP contribution in [0.2, 0.25) is 0 Å². The molecule has 1 aromatic heterocycles. The lowest BCUT2D eigenvalue weighted by Crippen LogP contribution is -2.59. The largest absolute Gasteiger partial charge is 0.474 e. The third-order valence-corrected chi connectivity index (χ3v) is 5.05. The smallest absolute Gasteiger partial charge is 0.410 e. The number of nitrogens with one attached hydrogen (secondary N) is 1. The van der Waals surface area contributed by atoms with E-state index in [9.17, 15) is 4.79 Å². The molecule has 0 saturated carbocycles. The molecule has 0 bridgehead atoms. The molecule has 1 saturated heterocycles. The van der Waals surface area contributed by atoms with Crippen molar-refractivity contribution in [1.82, 2.24) is 15.1 Å². The second-order valence-electron chi connectivity index (χ2n) is 8.97. The Kier molecular flexibility index (Phi) is 6.25. The van der Waals surface area contributed by atoms with Crippen LogP contribution in [0, 0.1) is 5.41 Å². The average Bonchev–Trinajstić information content (AvgIpc) is 2.93. The molecule has 6 heteroatoms. The number of hydrogen-bond acceptors (Lipinski definition) is 4. The molecule has 1 unspecified atom stereocenters. The number of carbonyl (C=O) groups is 1. The first-order valence-electron chi connectivity index (χ1n) is 9.73. The summed E-state index contributed by atoms with van der Waals surface area (Å²) in [5, 5.41) is 7.25. The zero-order valence-electron chi connectivity index (χ0n) is 17.4. The van der Waals surface area contributed by atoms with Crippen molar-refractivity contribution in [3.05, 3.63) is 11.8 Å². The molecule has 2 heterocycles. The fourth-order valence-corrected chi connectivity index (χ4v) is 3.23. The molecule has 26 heavy (non-hydrogen) atoms. The van der Waals surface area contributed by atoms with E-state index in [-0.39, 0.29) is 17.6 Å². The summed E-state index contributed by atoms with van der Waals surface area (Å²) in [5.74, 6) is 1.07. The van der Waals surface area contributed by atoms with Gasteiger partial charge in [-0.15, -0.1) is 5.10 Å². The highest BCUT2D eigenvalue weighted by Crippen LogP contribution is 2.39. The number of nitrogens with zero attached hydrogens (tertiary/aromatic N) is 2. The van der Waals surface area contributed by atoms with Crippen LogP contribution < -0.4 is 4.74 Å². The summed E-state index contributed by atoms with van der Waals surface area (Å²) in [6, 6.07) is 1.98. The number of aromatic nitrogens is 2. The highest BCUT2D eigenvalue weighted by molar-refractivity contribution is 5.69. The summed E-state index contributed by atoms with van der Waals surface area (Å²) < 4.78 is 11.4. The van der Waals surface area contributed by atoms with Gasteiger partial charge >= 0.3 is 6.09 Å². The van der Waals surface area contributed by atoms with Crippen LogP contribution in [0.15, 0.2) is 6.07 Å². The normalized spacial score (nSPS) is 17.8. The molecule has 1 atom stereocenters. The lowest BCUT2D eigenvalue weighted by atomic mass is 9.73. The van der Waals surface area contributed by atoms with Gasteiger partial charge in [-0.1, -0.05) is 20.8 Å². The van der Waals surface area contributed by atoms with Crippen molar-refractivity contribution in [1.29, 1.82) is 0 Å². The summed E-state index contributed by atoms with van der Waals surface area (Å²) in [6.07, 6.45) is 2.92. The monoisotopic (exact) mass is 365 g/mol. The lowest BCUT2D eigenvalue weighted by molar-refractivity contribution is -0.0425. The molecular weight excluding hydrogens is 330 g/mol. The minimum Gasteiger partial charge on any atom is -0.474 e. The lowest BCUT2D eigenvalue weighted by Gasteiger charge is -2.50. The minimum atomic E-state index is -0.442. The Hall–Kier alpha value is -1.72. The maximum Gasteiger partial charge on any atom is 0.410 e. The van der Waals surface area contributed by atoms with Gasteiger partial charge in [0.25, 0.3) is 0 Å². The molecular formula is C20H35N3O3. The van der Waals surface area contributed by atoms with E-state index in [1.165, 1.54) is 0 Å². The number of likely N-dealkylation sites (tertiary alicyclic amines) is 1. The zero-order valence-corrected chi connectivity index (χ0v) is 17.4. The molecule has 1 N–H and O–H groups in total. The zero-order chi connectivity index (χ0) is 19.5. The molecule has 1 aromatic rings. The second-order valence-corrected chi connectivity index (χ2v) is 8.97. The van der Waals surface area contributed by atoms with Gasteiger partial charge in [0.15, 0.2) is 0 Å². The molecule has 0 radical (unpaired) electrons. The molecule has 1 aliphatic heterocycles. The van der Waals surface area contributed by atoms with Crippen LogP contribution in [-0.2, 0) is 4.74 Å². The fraction of sp³-hybridized carbons (Fsp3) is 0.800. The summed E-state index contributed by atoms with van der Waals surface area (Å²) in [7, 11) is 0. The van der Waals surface area contributed by atoms with Crippen LogP contribution >= 0.6 is 0 Å². The third-order valence-electron chi connectivity index (χ3n) is 5.05. The van der Waals surface area contributed by atoms with Crippen molar-refractivity contribution in [3.63, 3.8) is 0 Å². The van der Waals surface area contributed by atoms with Crippen LogP contribution in [-0.4, -0.2) is 46.0 Å². The standard InChI is InChI=1S/C20H35N3O3/c1-8-20(12-23(13-20)18(24)26-19(5,6)7)10-9-15(4)25-17-11-16(14(2)3)21-22-17/h11,14-15H,8-10,12-13H2,1-7H3,(H,21,22). The topological polar surface area (TPSA) is 67.5 Å². The number of H-pyrrole nitrogens is 1. The summed E-state index contributed by atoms with van der Waals surface area (Å²) in [6.45, 7) is 15.8. The molecule has 0 spiro atoms. The highest BCUT2D eigenvalue weighted by Gasteiger charge is 2.44. The van der Waals surface area contributed by atoms with Crippen LogP contribution in [0.3, 0.4) is 0 Å². The second kappa shape index (κ2) is 7.89. The molecule has 1 aliphatic rings. The van der Waals surface area contributed by atoms with Crippen LogP contribution in [0.4, 0.5) is 4.79 Å². The maximum atomic E-state index is 12.1. The van der Waals surface area contributed by atoms with E-state index in [0.717, 1.165) is 38.0 Å². The number of ether oxygens (including phenoxy) is 2. The van der Waals surface area contributed by atoms with Gasteiger partial charge in [-0.05, 0) is 52.9 Å². The fourth-order valence-electron chi connectivity index (χ4n) is 3.23. The van der Waals surface area contributed by atoms with E-state index >= 15 is 0 Å². The Balaban J connectivity index is 1.79. The SMILES string of the molecule is CCC1(CCC(C)Oc2cc(C(C)C)[nH]n2)CN(C(=O)OC(C)(C)C)C1. The van der Waals surface area contributed by atoms with E-state index in [2.05, 4.69) is 37.9 Å². The van der Waals surface area contributed by atoms with Gasteiger partial charge in [0, 0.05) is 30.3 Å². The predicted molar refractivity (Wildman–Crippen MR) is 103 cm³/mol. The number of hydrogen-bond donors (Lipinski definition) is 1. The van der Waals surface area contributed by atoms with Crippen molar-refractivity contribution in [2.45, 2.75) is 85.4 Å². The van der Waals surface area contributed by atoms with Crippen molar-refractivity contribution in [2.75, 3.05) is 13.1 Å². The van der Waals surface area contributed by atoms with Crippen LogP contribution in [0.25, 0.3) is 0 Å². The van der Waals surface area contributed by atoms with Crippen molar-refractivity contribution >= 4 is 6.09 Å². The third kappa shape index (κ3) is 5.39. The Morgan fingerprint density at radius 1 is 1.35 bits per heavy atom. The van der Waals surface area contributed by atoms with E-state index in [1.807, 2.05) is 31.7 Å². The Labute approximate surface area is 157 Å². The summed E-state index contributed by atoms with van der Waals surface area (Å²) >= 11 is 0. The van der Waals surface area contributed by atoms with Crippen molar-refractivity contribution < 1.29 is 14.3 Å². The molecule has 1 fully saturated rings. The number of amides is 1. The Morgan fingerprint density at radius 2 is 2.00 bits per heavy atom. The maximum absolute atomic E-state index is 12.1. The van der Waals surface area contributed by atoms with Crippen molar-refractivity contribution in [2.24, 2.45) is 5.41 Å². The minimum absolute atomic E-state index is 0.0947. The molecule has 148 valence electrons. The highest BCUT2D eigenvalue weighted by atomic mass is 16.6. The first-order chi connectivity index (χ1) is 12.0. The van der Waals surface area contributed by atoms with E-state index in [0.29, 0.717) is 11.8 Å². The first kappa shape index (κ1) is 20.6. The molecule has 0 aromatic carbocycles. The summed E-state index contributed by atoms with van der Waals surface area (Å²) in [4.78, 5) is 14.0. The van der Waals surface area contributed by atoms with Crippen LogP contribution in [0.1, 0.15) is 79.3 Å². The van der Waals surface area contributed by atoms with E-state index in [4.69, 9.17) is 9.47 Å². The van der Waals surface area contributed by atoms with Gasteiger partial charge in [-0.25, -0.2) is 4.79 Å². The average molecular weight is 366 g/mol. The quantitative estimate of drug-likeness (QED) is 0.758. The molecule has 6 nitrogen and oxygen atoms in total. The number of aromatic amines is 1. The van der Waals surface area contributed by atoms with Gasteiger partial charge in [-0.3, -0.25) is 5.10 Å². The molecule has 2 rings (SSSR count). The molecule has 1 amide bonds. The van der Waals surface area contributed by atoms with Gasteiger partial charge in [0.1, 0.15) is 5.60 Å². The number of carbonyl (C=O) groups excluding carboxylic acids is 1. The Bertz CT molecular complexity index is 598. The summed E-state index contributed by atoms with van der Waals surface area (Å²) in [5.41, 5.74) is 0.829. The van der Waals surface area contributed by atoms with Gasteiger partial charge in [0.05, 0.1) is 6.10 Å². The van der Waals surface area contributed by atoms with Crippen LogP contribution in [0.5, 0.6) is 5.88 Å². The van der Waals surface area contributed by atoms with Gasteiger partial charge in [0.2, 0.25) is 5.88 Å². The van der Waals surface area contributed by atoms with Gasteiger partial charge in [-0.2, -0.15) is 0 Å².